The van der Waals surface area contributed by atoms with E-state index in [-0.39, 0.29) is 17.2 Å². The van der Waals surface area contributed by atoms with Gasteiger partial charge < -0.3 is 4.74 Å². The third kappa shape index (κ3) is 4.10. The van der Waals surface area contributed by atoms with Gasteiger partial charge in [0, 0.05) is 12.0 Å². The fraction of sp³-hybridized carbons (Fsp3) is 0.400. The molecule has 146 valence electrons. The van der Waals surface area contributed by atoms with E-state index in [0.29, 0.717) is 24.5 Å². The third-order valence-electron chi connectivity index (χ3n) is 6.44. The van der Waals surface area contributed by atoms with Gasteiger partial charge in [0.1, 0.15) is 12.4 Å². The van der Waals surface area contributed by atoms with E-state index in [0.717, 1.165) is 44.1 Å². The summed E-state index contributed by atoms with van der Waals surface area (Å²) in [5, 5.41) is 0. The molecule has 28 heavy (non-hydrogen) atoms. The van der Waals surface area contributed by atoms with Crippen LogP contribution < -0.4 is 0 Å². The second-order valence-corrected chi connectivity index (χ2v) is 8.30. The molecular formula is C25H27FO2. The van der Waals surface area contributed by atoms with Crippen molar-refractivity contribution in [3.8, 4) is 11.1 Å². The Bertz CT molecular complexity index is 848. The Morgan fingerprint density at radius 1 is 1.07 bits per heavy atom. The highest BCUT2D eigenvalue weighted by molar-refractivity contribution is 5.80. The first-order valence-corrected chi connectivity index (χ1v) is 10.2. The Hall–Kier alpha value is -2.26. The summed E-state index contributed by atoms with van der Waals surface area (Å²) >= 11 is 0. The molecule has 2 nitrogen and oxygen atoms in total. The van der Waals surface area contributed by atoms with Crippen LogP contribution in [0.4, 0.5) is 4.39 Å². The molecule has 0 unspecified atom stereocenters. The fourth-order valence-corrected chi connectivity index (χ4v) is 4.60. The van der Waals surface area contributed by atoms with E-state index in [2.05, 4.69) is 18.7 Å². The minimum absolute atomic E-state index is 0.0634. The van der Waals surface area contributed by atoms with Gasteiger partial charge in [-0.3, -0.25) is 4.79 Å². The highest BCUT2D eigenvalue weighted by Gasteiger charge is 2.39. The molecule has 1 aliphatic carbocycles. The molecule has 2 aromatic carbocycles. The second kappa shape index (κ2) is 8.00. The summed E-state index contributed by atoms with van der Waals surface area (Å²) in [6.07, 6.45) is 6.62. The first-order valence-electron chi connectivity index (χ1n) is 10.2. The minimum Gasteiger partial charge on any atom is -0.367 e. The molecule has 2 aromatic rings. The summed E-state index contributed by atoms with van der Waals surface area (Å²) in [5.74, 6) is 0.552. The van der Waals surface area contributed by atoms with Crippen LogP contribution in [-0.4, -0.2) is 18.0 Å². The van der Waals surface area contributed by atoms with Gasteiger partial charge in [-0.05, 0) is 61.6 Å². The van der Waals surface area contributed by atoms with Crippen molar-refractivity contribution in [3.05, 3.63) is 72.1 Å². The zero-order chi connectivity index (χ0) is 19.6. The lowest BCUT2D eigenvalue weighted by Crippen LogP contribution is -2.42. The molecule has 1 spiro atoms. The van der Waals surface area contributed by atoms with Crippen LogP contribution in [0, 0.1) is 11.7 Å². The van der Waals surface area contributed by atoms with Crippen LogP contribution in [0.15, 0.2) is 60.7 Å². The minimum atomic E-state index is -0.192. The van der Waals surface area contributed by atoms with Gasteiger partial charge in [-0.1, -0.05) is 54.6 Å². The molecule has 0 aromatic heterocycles. The number of rotatable bonds is 4. The van der Waals surface area contributed by atoms with E-state index in [1.165, 1.54) is 17.2 Å². The molecule has 0 amide bonds. The molecule has 1 aliphatic heterocycles. The van der Waals surface area contributed by atoms with Crippen LogP contribution in [-0.2, 0) is 16.0 Å². The summed E-state index contributed by atoms with van der Waals surface area (Å²) in [4.78, 5) is 11.4. The summed E-state index contributed by atoms with van der Waals surface area (Å²) in [7, 11) is 0. The Morgan fingerprint density at radius 2 is 1.79 bits per heavy atom. The fourth-order valence-electron chi connectivity index (χ4n) is 4.60. The van der Waals surface area contributed by atoms with Gasteiger partial charge in [-0.2, -0.15) is 0 Å². The van der Waals surface area contributed by atoms with Gasteiger partial charge in [-0.25, -0.2) is 4.39 Å². The number of hydrogen-bond acceptors (Lipinski definition) is 2. The lowest BCUT2D eigenvalue weighted by Gasteiger charge is -2.42. The first-order chi connectivity index (χ1) is 13.5. The second-order valence-electron chi connectivity index (χ2n) is 8.30. The van der Waals surface area contributed by atoms with E-state index in [4.69, 9.17) is 4.74 Å². The van der Waals surface area contributed by atoms with Gasteiger partial charge in [0.25, 0.3) is 0 Å². The average molecular weight is 378 g/mol. The Morgan fingerprint density at radius 3 is 2.43 bits per heavy atom. The van der Waals surface area contributed by atoms with Crippen molar-refractivity contribution in [1.29, 1.82) is 0 Å². The van der Waals surface area contributed by atoms with Gasteiger partial charge in [-0.15, -0.1) is 0 Å². The van der Waals surface area contributed by atoms with E-state index >= 15 is 0 Å². The van der Waals surface area contributed by atoms with Crippen LogP contribution >= 0.6 is 0 Å². The number of carbonyl (C=O) groups is 1. The van der Waals surface area contributed by atoms with Gasteiger partial charge in [0.2, 0.25) is 0 Å². The topological polar surface area (TPSA) is 26.3 Å². The number of allylic oxidation sites excluding steroid dienone is 1. The normalized spacial score (nSPS) is 25.0. The molecule has 4 rings (SSSR count). The summed E-state index contributed by atoms with van der Waals surface area (Å²) in [6, 6.07) is 15.0. The van der Waals surface area contributed by atoms with Gasteiger partial charge in [0.05, 0.1) is 5.60 Å². The number of ketones is 1. The molecule has 3 heteroatoms. The molecule has 1 saturated heterocycles. The molecule has 1 saturated carbocycles. The lowest BCUT2D eigenvalue weighted by atomic mass is 9.72. The van der Waals surface area contributed by atoms with Crippen molar-refractivity contribution in [1.82, 2.24) is 0 Å². The van der Waals surface area contributed by atoms with Crippen LogP contribution in [0.25, 0.3) is 11.1 Å². The van der Waals surface area contributed by atoms with E-state index in [1.807, 2.05) is 24.3 Å². The van der Waals surface area contributed by atoms with Crippen LogP contribution in [0.5, 0.6) is 0 Å². The predicted molar refractivity (Wildman–Crippen MR) is 110 cm³/mol. The standard InChI is InChI=1S/C25H27FO2/c1-18(20-10-13-25(14-11-20)15-12-22(27)17-28-25)16-19-6-8-21(9-7-19)23-4-2-3-5-24(23)26/h2-9,20H,1,10-17H2. The quantitative estimate of drug-likeness (QED) is 0.619. The number of halogens is 1. The molecule has 2 fully saturated rings. The van der Waals surface area contributed by atoms with Crippen molar-refractivity contribution in [2.24, 2.45) is 5.92 Å². The maximum Gasteiger partial charge on any atom is 0.158 e. The van der Waals surface area contributed by atoms with E-state index < -0.39 is 0 Å². The Labute approximate surface area is 166 Å². The molecule has 2 aliphatic rings. The molecule has 1 heterocycles. The van der Waals surface area contributed by atoms with Crippen molar-refractivity contribution < 1.29 is 13.9 Å². The molecular weight excluding hydrogens is 351 g/mol. The number of benzene rings is 2. The average Bonchev–Trinajstić information content (AvgIpc) is 2.72. The van der Waals surface area contributed by atoms with Crippen molar-refractivity contribution in [2.75, 3.05) is 6.61 Å². The highest BCUT2D eigenvalue weighted by Crippen LogP contribution is 2.42. The smallest absolute Gasteiger partial charge is 0.158 e. The zero-order valence-corrected chi connectivity index (χ0v) is 16.3. The van der Waals surface area contributed by atoms with Crippen molar-refractivity contribution in [3.63, 3.8) is 0 Å². The first kappa shape index (κ1) is 19.1. The maximum atomic E-state index is 14.0. The SMILES string of the molecule is C=C(Cc1ccc(-c2ccccc2F)cc1)C1CCC2(CCC(=O)CO2)CC1. The van der Waals surface area contributed by atoms with Crippen molar-refractivity contribution >= 4 is 5.78 Å². The van der Waals surface area contributed by atoms with Crippen LogP contribution in [0.2, 0.25) is 0 Å². The molecule has 0 atom stereocenters. The molecule has 0 radical (unpaired) electrons. The van der Waals surface area contributed by atoms with Gasteiger partial charge >= 0.3 is 0 Å². The number of carbonyl (C=O) groups excluding carboxylic acids is 1. The maximum absolute atomic E-state index is 14.0. The van der Waals surface area contributed by atoms with E-state index in [9.17, 15) is 9.18 Å². The monoisotopic (exact) mass is 378 g/mol. The third-order valence-corrected chi connectivity index (χ3v) is 6.44. The Kier molecular flexibility index (Phi) is 5.45. The molecule has 0 bridgehead atoms. The lowest BCUT2D eigenvalue weighted by molar-refractivity contribution is -0.148. The summed E-state index contributed by atoms with van der Waals surface area (Å²) in [6.45, 7) is 4.65. The molecule has 0 N–H and O–H groups in total. The highest BCUT2D eigenvalue weighted by atomic mass is 19.1. The summed E-state index contributed by atoms with van der Waals surface area (Å²) < 4.78 is 19.9. The predicted octanol–water partition coefficient (Wildman–Crippen LogP) is 5.90. The van der Waals surface area contributed by atoms with Crippen molar-refractivity contribution in [2.45, 2.75) is 50.5 Å². The van der Waals surface area contributed by atoms with E-state index in [1.54, 1.807) is 6.07 Å². The van der Waals surface area contributed by atoms with Crippen LogP contribution in [0.3, 0.4) is 0 Å². The largest absolute Gasteiger partial charge is 0.367 e. The van der Waals surface area contributed by atoms with Crippen LogP contribution in [0.1, 0.15) is 44.1 Å². The number of hydrogen-bond donors (Lipinski definition) is 0. The zero-order valence-electron chi connectivity index (χ0n) is 16.3. The van der Waals surface area contributed by atoms with Gasteiger partial charge in [0.15, 0.2) is 5.78 Å². The number of Topliss-reactive ketones (excluding diaryl/α,β-unsaturated/α-hetero) is 1. The number of ether oxygens (including phenoxy) is 1. The summed E-state index contributed by atoms with van der Waals surface area (Å²) in [5.41, 5.74) is 3.95. The Balaban J connectivity index is 1.34.